The van der Waals surface area contributed by atoms with Crippen molar-refractivity contribution in [2.75, 3.05) is 5.32 Å². The Labute approximate surface area is 141 Å². The Morgan fingerprint density at radius 3 is 2.45 bits per heavy atom. The summed E-state index contributed by atoms with van der Waals surface area (Å²) in [6.07, 6.45) is 0. The smallest absolute Gasteiger partial charge is 0.268 e. The van der Waals surface area contributed by atoms with E-state index in [-0.39, 0.29) is 5.69 Å². The molecule has 1 amide bonds. The second-order valence-corrected chi connectivity index (χ2v) is 6.50. The van der Waals surface area contributed by atoms with Gasteiger partial charge < -0.3 is 10.1 Å². The number of rotatable bonds is 4. The van der Waals surface area contributed by atoms with Crippen LogP contribution in [-0.2, 0) is 4.79 Å². The lowest BCUT2D eigenvalue weighted by atomic mass is 10.1. The molecule has 0 aromatic heterocycles. The molecule has 116 valence electrons. The number of ether oxygens (including phenoxy) is 1. The van der Waals surface area contributed by atoms with Gasteiger partial charge in [-0.25, -0.2) is 4.39 Å². The van der Waals surface area contributed by atoms with Crippen LogP contribution in [0.4, 0.5) is 10.1 Å². The first kappa shape index (κ1) is 16.8. The van der Waals surface area contributed by atoms with E-state index in [1.165, 1.54) is 12.1 Å². The topological polar surface area (TPSA) is 38.3 Å². The number of amides is 1. The Morgan fingerprint density at radius 1 is 1.23 bits per heavy atom. The molecule has 3 nitrogen and oxygen atoms in total. The summed E-state index contributed by atoms with van der Waals surface area (Å²) in [7, 11) is 0. The summed E-state index contributed by atoms with van der Waals surface area (Å²) in [5, 5.41) is 3.10. The molecule has 0 radical (unpaired) electrons. The molecule has 2 aromatic rings. The number of carbonyl (C=O) groups is 1. The maximum absolute atomic E-state index is 13.8. The Kier molecular flexibility index (Phi) is 5.08. The lowest BCUT2D eigenvalue weighted by molar-refractivity contribution is -0.128. The summed E-state index contributed by atoms with van der Waals surface area (Å²) in [6, 6.07) is 11.1. The van der Waals surface area contributed by atoms with E-state index in [2.05, 4.69) is 21.2 Å². The van der Waals surface area contributed by atoms with Crippen LogP contribution in [0.15, 0.2) is 46.9 Å². The highest BCUT2D eigenvalue weighted by atomic mass is 79.9. The van der Waals surface area contributed by atoms with Crippen molar-refractivity contribution >= 4 is 39.1 Å². The van der Waals surface area contributed by atoms with E-state index in [9.17, 15) is 9.18 Å². The minimum Gasteiger partial charge on any atom is -0.478 e. The quantitative estimate of drug-likeness (QED) is 0.799. The predicted octanol–water partition coefficient (Wildman–Crippen LogP) is 5.04. The Hall–Kier alpha value is -1.59. The third-order valence-corrected chi connectivity index (χ3v) is 3.66. The van der Waals surface area contributed by atoms with Gasteiger partial charge in [-0.15, -0.1) is 0 Å². The fourth-order valence-electron chi connectivity index (χ4n) is 1.71. The minimum atomic E-state index is -1.17. The molecule has 2 rings (SSSR count). The van der Waals surface area contributed by atoms with Crippen molar-refractivity contribution in [1.29, 1.82) is 0 Å². The largest absolute Gasteiger partial charge is 0.478 e. The van der Waals surface area contributed by atoms with Crippen LogP contribution in [0.2, 0.25) is 5.02 Å². The zero-order valence-corrected chi connectivity index (χ0v) is 14.3. The van der Waals surface area contributed by atoms with Crippen molar-refractivity contribution in [3.05, 3.63) is 57.8 Å². The fourth-order valence-corrected chi connectivity index (χ4v) is 2.17. The van der Waals surface area contributed by atoms with Gasteiger partial charge in [0.25, 0.3) is 5.91 Å². The molecule has 1 N–H and O–H groups in total. The number of anilines is 1. The van der Waals surface area contributed by atoms with Crippen molar-refractivity contribution in [3.8, 4) is 5.75 Å². The van der Waals surface area contributed by atoms with Crippen LogP contribution in [0.3, 0.4) is 0 Å². The SMILES string of the molecule is CC(C)(Oc1ccc(Cl)cc1)C(=O)Nc1ccc(Br)cc1F. The second-order valence-electron chi connectivity index (χ2n) is 5.14. The summed E-state index contributed by atoms with van der Waals surface area (Å²) in [4.78, 5) is 12.3. The average molecular weight is 387 g/mol. The summed E-state index contributed by atoms with van der Waals surface area (Å²) in [5.41, 5.74) is -1.08. The second kappa shape index (κ2) is 6.67. The monoisotopic (exact) mass is 385 g/mol. The molecule has 2 aromatic carbocycles. The van der Waals surface area contributed by atoms with E-state index in [1.807, 2.05) is 0 Å². The van der Waals surface area contributed by atoms with Gasteiger partial charge in [-0.05, 0) is 56.3 Å². The van der Waals surface area contributed by atoms with Gasteiger partial charge in [0.1, 0.15) is 11.6 Å². The van der Waals surface area contributed by atoms with E-state index in [4.69, 9.17) is 16.3 Å². The van der Waals surface area contributed by atoms with Gasteiger partial charge in [0.05, 0.1) is 5.69 Å². The number of halogens is 3. The third kappa shape index (κ3) is 4.21. The molecule has 0 fully saturated rings. The Morgan fingerprint density at radius 2 is 1.86 bits per heavy atom. The van der Waals surface area contributed by atoms with Crippen molar-refractivity contribution in [2.45, 2.75) is 19.4 Å². The molecular formula is C16H14BrClFNO2. The molecule has 0 bridgehead atoms. The normalized spacial score (nSPS) is 11.1. The molecular weight excluding hydrogens is 373 g/mol. The van der Waals surface area contributed by atoms with Crippen LogP contribution in [-0.4, -0.2) is 11.5 Å². The van der Waals surface area contributed by atoms with Crippen molar-refractivity contribution in [3.63, 3.8) is 0 Å². The van der Waals surface area contributed by atoms with Gasteiger partial charge in [0.15, 0.2) is 5.60 Å². The molecule has 0 saturated carbocycles. The van der Waals surface area contributed by atoms with Gasteiger partial charge >= 0.3 is 0 Å². The molecule has 0 heterocycles. The van der Waals surface area contributed by atoms with E-state index < -0.39 is 17.3 Å². The fraction of sp³-hybridized carbons (Fsp3) is 0.188. The van der Waals surface area contributed by atoms with Crippen molar-refractivity contribution in [1.82, 2.24) is 0 Å². The van der Waals surface area contributed by atoms with Crippen LogP contribution >= 0.6 is 27.5 Å². The third-order valence-electron chi connectivity index (χ3n) is 2.91. The van der Waals surface area contributed by atoms with Crippen LogP contribution in [0.5, 0.6) is 5.75 Å². The first-order valence-electron chi connectivity index (χ1n) is 6.49. The van der Waals surface area contributed by atoms with Gasteiger partial charge in [-0.2, -0.15) is 0 Å². The summed E-state index contributed by atoms with van der Waals surface area (Å²) in [6.45, 7) is 3.21. The first-order chi connectivity index (χ1) is 10.3. The molecule has 0 aliphatic carbocycles. The number of hydrogen-bond donors (Lipinski definition) is 1. The van der Waals surface area contributed by atoms with Gasteiger partial charge in [-0.1, -0.05) is 27.5 Å². The lowest BCUT2D eigenvalue weighted by Crippen LogP contribution is -2.42. The van der Waals surface area contributed by atoms with E-state index in [1.54, 1.807) is 44.2 Å². The molecule has 0 aliphatic heterocycles. The lowest BCUT2D eigenvalue weighted by Gasteiger charge is -2.25. The maximum Gasteiger partial charge on any atom is 0.268 e. The number of nitrogens with one attached hydrogen (secondary N) is 1. The average Bonchev–Trinajstić information content (AvgIpc) is 2.44. The van der Waals surface area contributed by atoms with Crippen LogP contribution in [0.1, 0.15) is 13.8 Å². The van der Waals surface area contributed by atoms with Gasteiger partial charge in [-0.3, -0.25) is 4.79 Å². The number of benzene rings is 2. The predicted molar refractivity (Wildman–Crippen MR) is 88.9 cm³/mol. The van der Waals surface area contributed by atoms with Crippen LogP contribution in [0.25, 0.3) is 0 Å². The van der Waals surface area contributed by atoms with E-state index in [0.717, 1.165) is 0 Å². The highest BCUT2D eigenvalue weighted by Gasteiger charge is 2.30. The first-order valence-corrected chi connectivity index (χ1v) is 7.66. The van der Waals surface area contributed by atoms with E-state index >= 15 is 0 Å². The van der Waals surface area contributed by atoms with Crippen molar-refractivity contribution in [2.24, 2.45) is 0 Å². The van der Waals surface area contributed by atoms with Crippen LogP contribution in [0, 0.1) is 5.82 Å². The molecule has 22 heavy (non-hydrogen) atoms. The molecule has 0 unspecified atom stereocenters. The standard InChI is InChI=1S/C16H14BrClFNO2/c1-16(2,22-12-6-4-11(18)5-7-12)15(21)20-14-8-3-10(17)9-13(14)19/h3-9H,1-2H3,(H,20,21). The highest BCUT2D eigenvalue weighted by molar-refractivity contribution is 9.10. The van der Waals surface area contributed by atoms with Gasteiger partial charge in [0.2, 0.25) is 0 Å². The highest BCUT2D eigenvalue weighted by Crippen LogP contribution is 2.24. The minimum absolute atomic E-state index is 0.0981. The Balaban J connectivity index is 2.11. The van der Waals surface area contributed by atoms with Crippen molar-refractivity contribution < 1.29 is 13.9 Å². The Bertz CT molecular complexity index is 689. The molecule has 6 heteroatoms. The molecule has 0 aliphatic rings. The zero-order valence-electron chi connectivity index (χ0n) is 12.0. The van der Waals surface area contributed by atoms with Gasteiger partial charge in [0, 0.05) is 9.50 Å². The molecule has 0 saturated heterocycles. The molecule has 0 spiro atoms. The molecule has 0 atom stereocenters. The maximum atomic E-state index is 13.8. The van der Waals surface area contributed by atoms with Crippen LogP contribution < -0.4 is 10.1 Å². The summed E-state index contributed by atoms with van der Waals surface area (Å²) < 4.78 is 20.0. The number of carbonyl (C=O) groups excluding carboxylic acids is 1. The van der Waals surface area contributed by atoms with E-state index in [0.29, 0.717) is 15.2 Å². The summed E-state index contributed by atoms with van der Waals surface area (Å²) in [5.74, 6) is -0.477. The number of hydrogen-bond acceptors (Lipinski definition) is 2. The zero-order chi connectivity index (χ0) is 16.3. The summed E-state index contributed by atoms with van der Waals surface area (Å²) >= 11 is 8.97.